The molecule has 1 saturated heterocycles. The molecule has 3 rings (SSSR count). The smallest absolute Gasteiger partial charge is 0.129 e. The first-order chi connectivity index (χ1) is 9.67. The first kappa shape index (κ1) is 13.9. The fourth-order valence-corrected chi connectivity index (χ4v) is 3.47. The van der Waals surface area contributed by atoms with E-state index in [9.17, 15) is 4.39 Å². The molecule has 0 N–H and O–H groups in total. The summed E-state index contributed by atoms with van der Waals surface area (Å²) < 4.78 is 25.6. The minimum absolute atomic E-state index is 0.0322. The van der Waals surface area contributed by atoms with Crippen LogP contribution < -0.4 is 4.74 Å². The molecule has 1 aliphatic heterocycles. The molecule has 1 spiro atoms. The van der Waals surface area contributed by atoms with Crippen molar-refractivity contribution in [3.05, 3.63) is 29.6 Å². The Labute approximate surface area is 120 Å². The number of benzene rings is 1. The van der Waals surface area contributed by atoms with Crippen LogP contribution in [0, 0.1) is 12.7 Å². The molecule has 2 nitrogen and oxygen atoms in total. The summed E-state index contributed by atoms with van der Waals surface area (Å²) in [6, 6.07) is 5.14. The lowest BCUT2D eigenvalue weighted by Crippen LogP contribution is -2.45. The highest BCUT2D eigenvalue weighted by molar-refractivity contribution is 5.28. The van der Waals surface area contributed by atoms with Crippen LogP contribution in [-0.4, -0.2) is 18.3 Å². The molecule has 1 aliphatic carbocycles. The summed E-state index contributed by atoms with van der Waals surface area (Å²) in [5.41, 5.74) is 0.692. The van der Waals surface area contributed by atoms with Crippen LogP contribution in [0.4, 0.5) is 4.39 Å². The minimum Gasteiger partial charge on any atom is -0.490 e. The molecule has 1 atom stereocenters. The third-order valence-electron chi connectivity index (χ3n) is 4.66. The van der Waals surface area contributed by atoms with Crippen LogP contribution in [0.1, 0.15) is 50.5 Å². The molecule has 0 amide bonds. The van der Waals surface area contributed by atoms with Crippen molar-refractivity contribution in [2.45, 2.75) is 63.6 Å². The summed E-state index contributed by atoms with van der Waals surface area (Å²) in [6.07, 6.45) is 8.13. The second-order valence-electron chi connectivity index (χ2n) is 6.24. The summed E-state index contributed by atoms with van der Waals surface area (Å²) in [5, 5.41) is 0. The summed E-state index contributed by atoms with van der Waals surface area (Å²) >= 11 is 0. The van der Waals surface area contributed by atoms with Gasteiger partial charge in [-0.3, -0.25) is 0 Å². The number of aryl methyl sites for hydroxylation is 1. The van der Waals surface area contributed by atoms with E-state index in [0.29, 0.717) is 11.3 Å². The van der Waals surface area contributed by atoms with E-state index in [0.717, 1.165) is 32.3 Å². The van der Waals surface area contributed by atoms with Crippen molar-refractivity contribution >= 4 is 0 Å². The van der Waals surface area contributed by atoms with Gasteiger partial charge in [0.25, 0.3) is 0 Å². The molecule has 2 fully saturated rings. The SMILES string of the molecule is Cc1ccc(OC2CCOC3(CCCCC3)C2)cc1F. The molecule has 1 aromatic rings. The fraction of sp³-hybridized carbons (Fsp3) is 0.647. The molecular formula is C17H23FO2. The van der Waals surface area contributed by atoms with Gasteiger partial charge in [0.2, 0.25) is 0 Å². The molecule has 110 valence electrons. The summed E-state index contributed by atoms with van der Waals surface area (Å²) in [5.74, 6) is 0.452. The summed E-state index contributed by atoms with van der Waals surface area (Å²) in [6.45, 7) is 2.53. The van der Waals surface area contributed by atoms with Gasteiger partial charge >= 0.3 is 0 Å². The molecule has 1 saturated carbocycles. The van der Waals surface area contributed by atoms with Crippen LogP contribution in [0.3, 0.4) is 0 Å². The fourth-order valence-electron chi connectivity index (χ4n) is 3.47. The van der Waals surface area contributed by atoms with E-state index in [1.807, 2.05) is 6.07 Å². The lowest BCUT2D eigenvalue weighted by atomic mass is 9.79. The van der Waals surface area contributed by atoms with Gasteiger partial charge < -0.3 is 9.47 Å². The zero-order valence-corrected chi connectivity index (χ0v) is 12.2. The number of hydrogen-bond acceptors (Lipinski definition) is 2. The summed E-state index contributed by atoms with van der Waals surface area (Å²) in [4.78, 5) is 0. The van der Waals surface area contributed by atoms with Crippen LogP contribution >= 0.6 is 0 Å². The average Bonchev–Trinajstić information content (AvgIpc) is 2.44. The molecule has 20 heavy (non-hydrogen) atoms. The lowest BCUT2D eigenvalue weighted by Gasteiger charge is -2.43. The largest absolute Gasteiger partial charge is 0.490 e. The van der Waals surface area contributed by atoms with Crippen molar-refractivity contribution in [3.63, 3.8) is 0 Å². The first-order valence-corrected chi connectivity index (χ1v) is 7.74. The predicted octanol–water partition coefficient (Wildman–Crippen LogP) is 4.39. The van der Waals surface area contributed by atoms with E-state index < -0.39 is 0 Å². The second-order valence-corrected chi connectivity index (χ2v) is 6.24. The number of halogens is 1. The Kier molecular flexibility index (Phi) is 3.97. The number of ether oxygens (including phenoxy) is 2. The van der Waals surface area contributed by atoms with E-state index >= 15 is 0 Å². The monoisotopic (exact) mass is 278 g/mol. The standard InChI is InChI=1S/C17H23FO2/c1-13-5-6-14(11-16(13)18)20-15-7-10-19-17(12-15)8-3-2-4-9-17/h5-6,11,15H,2-4,7-10,12H2,1H3. The van der Waals surface area contributed by atoms with Crippen molar-refractivity contribution in [2.24, 2.45) is 0 Å². The Morgan fingerprint density at radius 1 is 1.25 bits per heavy atom. The van der Waals surface area contributed by atoms with Gasteiger partial charge in [-0.1, -0.05) is 25.3 Å². The molecule has 0 radical (unpaired) electrons. The van der Waals surface area contributed by atoms with Crippen molar-refractivity contribution < 1.29 is 13.9 Å². The van der Waals surface area contributed by atoms with Gasteiger partial charge in [-0.15, -0.1) is 0 Å². The third kappa shape index (κ3) is 2.98. The molecule has 1 heterocycles. The Balaban J connectivity index is 1.66. The Hall–Kier alpha value is -1.09. The van der Waals surface area contributed by atoms with Gasteiger partial charge in [0.05, 0.1) is 12.2 Å². The van der Waals surface area contributed by atoms with Gasteiger partial charge in [-0.25, -0.2) is 4.39 Å². The molecular weight excluding hydrogens is 255 g/mol. The maximum atomic E-state index is 13.6. The van der Waals surface area contributed by atoms with E-state index in [1.165, 1.54) is 25.3 Å². The topological polar surface area (TPSA) is 18.5 Å². The summed E-state index contributed by atoms with van der Waals surface area (Å²) in [7, 11) is 0. The van der Waals surface area contributed by atoms with Gasteiger partial charge in [0.15, 0.2) is 0 Å². The third-order valence-corrected chi connectivity index (χ3v) is 4.66. The number of hydrogen-bond donors (Lipinski definition) is 0. The van der Waals surface area contributed by atoms with Crippen molar-refractivity contribution in [2.75, 3.05) is 6.61 Å². The predicted molar refractivity (Wildman–Crippen MR) is 76.6 cm³/mol. The van der Waals surface area contributed by atoms with Gasteiger partial charge in [0, 0.05) is 18.9 Å². The second kappa shape index (κ2) is 5.72. The van der Waals surface area contributed by atoms with Crippen LogP contribution in [0.2, 0.25) is 0 Å². The lowest BCUT2D eigenvalue weighted by molar-refractivity contribution is -0.129. The highest BCUT2D eigenvalue weighted by Gasteiger charge is 2.39. The van der Waals surface area contributed by atoms with Crippen molar-refractivity contribution in [3.8, 4) is 5.75 Å². The van der Waals surface area contributed by atoms with E-state index in [4.69, 9.17) is 9.47 Å². The van der Waals surface area contributed by atoms with E-state index in [2.05, 4.69) is 0 Å². The van der Waals surface area contributed by atoms with Gasteiger partial charge in [-0.2, -0.15) is 0 Å². The first-order valence-electron chi connectivity index (χ1n) is 7.74. The zero-order valence-electron chi connectivity index (χ0n) is 12.2. The highest BCUT2D eigenvalue weighted by Crippen LogP contribution is 2.39. The van der Waals surface area contributed by atoms with Crippen LogP contribution in [0.25, 0.3) is 0 Å². The highest BCUT2D eigenvalue weighted by atomic mass is 19.1. The Morgan fingerprint density at radius 3 is 2.80 bits per heavy atom. The minimum atomic E-state index is -0.193. The Morgan fingerprint density at radius 2 is 2.05 bits per heavy atom. The zero-order chi connectivity index (χ0) is 14.0. The maximum absolute atomic E-state index is 13.6. The van der Waals surface area contributed by atoms with Gasteiger partial charge in [0.1, 0.15) is 17.7 Å². The van der Waals surface area contributed by atoms with Crippen LogP contribution in [-0.2, 0) is 4.74 Å². The molecule has 0 bridgehead atoms. The number of rotatable bonds is 2. The van der Waals surface area contributed by atoms with Crippen molar-refractivity contribution in [1.29, 1.82) is 0 Å². The van der Waals surface area contributed by atoms with E-state index in [1.54, 1.807) is 13.0 Å². The van der Waals surface area contributed by atoms with E-state index in [-0.39, 0.29) is 17.5 Å². The Bertz CT molecular complexity index is 461. The van der Waals surface area contributed by atoms with Crippen molar-refractivity contribution in [1.82, 2.24) is 0 Å². The molecule has 2 aliphatic rings. The molecule has 0 aromatic heterocycles. The molecule has 3 heteroatoms. The van der Waals surface area contributed by atoms with Gasteiger partial charge in [-0.05, 0) is 31.4 Å². The van der Waals surface area contributed by atoms with Crippen LogP contribution in [0.5, 0.6) is 5.75 Å². The average molecular weight is 278 g/mol. The molecule has 1 unspecified atom stereocenters. The maximum Gasteiger partial charge on any atom is 0.129 e. The normalized spacial score (nSPS) is 25.6. The van der Waals surface area contributed by atoms with Crippen LogP contribution in [0.15, 0.2) is 18.2 Å². The molecule has 1 aromatic carbocycles. The quantitative estimate of drug-likeness (QED) is 0.798.